The van der Waals surface area contributed by atoms with Gasteiger partial charge in [-0.15, -0.1) is 11.3 Å². The fourth-order valence-electron chi connectivity index (χ4n) is 3.37. The van der Waals surface area contributed by atoms with Crippen molar-refractivity contribution in [3.05, 3.63) is 57.2 Å². The van der Waals surface area contributed by atoms with Crippen molar-refractivity contribution in [2.24, 2.45) is 0 Å². The van der Waals surface area contributed by atoms with Gasteiger partial charge in [0.15, 0.2) is 5.82 Å². The maximum atomic E-state index is 12.4. The Bertz CT molecular complexity index is 996. The molecular formula is C21H23N5OS. The number of thiophene rings is 1. The minimum atomic E-state index is -0.144. The van der Waals surface area contributed by atoms with Crippen LogP contribution in [0.4, 0.5) is 5.82 Å². The second-order valence-corrected chi connectivity index (χ2v) is 8.51. The monoisotopic (exact) mass is 393 g/mol. The molecule has 28 heavy (non-hydrogen) atoms. The molecule has 2 N–H and O–H groups in total. The number of carbonyl (C=O) groups is 1. The molecule has 0 bridgehead atoms. The maximum Gasteiger partial charge on any atom is 0.270 e. The Morgan fingerprint density at radius 2 is 2.18 bits per heavy atom. The number of pyridine rings is 1. The molecule has 1 aliphatic rings. The van der Waals surface area contributed by atoms with Gasteiger partial charge in [-0.25, -0.2) is 9.97 Å². The van der Waals surface area contributed by atoms with Crippen LogP contribution < -0.4 is 10.6 Å². The van der Waals surface area contributed by atoms with Crippen LogP contribution >= 0.6 is 11.3 Å². The Morgan fingerprint density at radius 3 is 2.89 bits per heavy atom. The van der Waals surface area contributed by atoms with Crippen LogP contribution in [0.15, 0.2) is 30.6 Å². The molecule has 1 aliphatic heterocycles. The van der Waals surface area contributed by atoms with E-state index in [1.807, 2.05) is 23.5 Å². The summed E-state index contributed by atoms with van der Waals surface area (Å²) in [7, 11) is 0. The highest BCUT2D eigenvalue weighted by atomic mass is 32.1. The van der Waals surface area contributed by atoms with Gasteiger partial charge in [-0.05, 0) is 51.0 Å². The summed E-state index contributed by atoms with van der Waals surface area (Å²) in [5, 5.41) is 6.41. The molecule has 3 aromatic heterocycles. The number of nitrogens with one attached hydrogen (secondary N) is 2. The highest BCUT2D eigenvalue weighted by Crippen LogP contribution is 2.27. The van der Waals surface area contributed by atoms with Gasteiger partial charge in [-0.3, -0.25) is 9.78 Å². The topological polar surface area (TPSA) is 79.8 Å². The van der Waals surface area contributed by atoms with E-state index in [2.05, 4.69) is 47.4 Å². The Kier molecular flexibility index (Phi) is 5.09. The molecule has 4 heterocycles. The van der Waals surface area contributed by atoms with Crippen LogP contribution in [0, 0.1) is 13.8 Å². The van der Waals surface area contributed by atoms with Gasteiger partial charge in [0.25, 0.3) is 5.91 Å². The number of hydrogen-bond donors (Lipinski definition) is 2. The van der Waals surface area contributed by atoms with Crippen molar-refractivity contribution in [1.82, 2.24) is 20.3 Å². The van der Waals surface area contributed by atoms with Crippen molar-refractivity contribution < 1.29 is 4.79 Å². The van der Waals surface area contributed by atoms with E-state index >= 15 is 0 Å². The summed E-state index contributed by atoms with van der Waals surface area (Å²) < 4.78 is 0. The van der Waals surface area contributed by atoms with Gasteiger partial charge >= 0.3 is 0 Å². The van der Waals surface area contributed by atoms with Gasteiger partial charge in [-0.2, -0.15) is 0 Å². The maximum absolute atomic E-state index is 12.4. The van der Waals surface area contributed by atoms with E-state index in [9.17, 15) is 4.79 Å². The summed E-state index contributed by atoms with van der Waals surface area (Å²) in [5.41, 5.74) is 3.48. The van der Waals surface area contributed by atoms with Crippen molar-refractivity contribution >= 4 is 23.1 Å². The van der Waals surface area contributed by atoms with Gasteiger partial charge in [-0.1, -0.05) is 0 Å². The lowest BCUT2D eigenvalue weighted by molar-refractivity contribution is 0.0940. The van der Waals surface area contributed by atoms with Gasteiger partial charge in [0.1, 0.15) is 11.5 Å². The molecule has 7 heteroatoms. The molecule has 1 amide bonds. The number of amides is 1. The van der Waals surface area contributed by atoms with E-state index in [1.165, 1.54) is 15.3 Å². The highest BCUT2D eigenvalue weighted by molar-refractivity contribution is 7.12. The Hall–Kier alpha value is -2.80. The Morgan fingerprint density at radius 1 is 1.32 bits per heavy atom. The minimum absolute atomic E-state index is 0.144. The van der Waals surface area contributed by atoms with Crippen LogP contribution in [0.3, 0.4) is 0 Å². The fourth-order valence-corrected chi connectivity index (χ4v) is 4.56. The van der Waals surface area contributed by atoms with Crippen LogP contribution in [0.2, 0.25) is 0 Å². The molecule has 0 aliphatic carbocycles. The van der Waals surface area contributed by atoms with Crippen molar-refractivity contribution in [2.75, 3.05) is 11.9 Å². The van der Waals surface area contributed by atoms with Crippen LogP contribution in [0.1, 0.15) is 38.3 Å². The molecule has 144 valence electrons. The fraction of sp³-hybridized carbons (Fsp3) is 0.333. The number of anilines is 1. The number of aromatic nitrogens is 3. The lowest BCUT2D eigenvalue weighted by atomic mass is 10.0. The lowest BCUT2D eigenvalue weighted by Crippen LogP contribution is -2.34. The molecule has 0 radical (unpaired) electrons. The van der Waals surface area contributed by atoms with E-state index in [-0.39, 0.29) is 11.9 Å². The average Bonchev–Trinajstić information content (AvgIpc) is 3.00. The zero-order chi connectivity index (χ0) is 19.7. The number of fused-ring (bicyclic) bond motifs is 1. The number of aryl methyl sites for hydroxylation is 2. The molecule has 0 saturated carbocycles. The first kappa shape index (κ1) is 18.6. The number of rotatable bonds is 5. The van der Waals surface area contributed by atoms with E-state index < -0.39 is 0 Å². The molecule has 3 aromatic rings. The Labute approximate surface area is 168 Å². The Balaban J connectivity index is 1.66. The molecule has 1 unspecified atom stereocenters. The summed E-state index contributed by atoms with van der Waals surface area (Å²) in [6.45, 7) is 7.05. The number of nitrogens with zero attached hydrogens (tertiary/aromatic N) is 3. The summed E-state index contributed by atoms with van der Waals surface area (Å²) >= 11 is 1.84. The standard InChI is InChI=1S/C21H23N5OS/c1-12-9-16(28-14(12)3)10-13(2)24-20-17-6-8-23-21(27)18(17)25-19(26-20)15-5-4-7-22-11-15/h4-5,7,9,11,13H,6,8,10H2,1-3H3,(H,23,27)(H,24,25,26). The molecule has 6 nitrogen and oxygen atoms in total. The minimum Gasteiger partial charge on any atom is -0.367 e. The molecule has 0 fully saturated rings. The molecule has 1 atom stereocenters. The van der Waals surface area contributed by atoms with E-state index in [1.54, 1.807) is 12.4 Å². The molecule has 0 aromatic carbocycles. The predicted octanol–water partition coefficient (Wildman–Crippen LogP) is 3.55. The summed E-state index contributed by atoms with van der Waals surface area (Å²) in [6.07, 6.45) is 5.06. The quantitative estimate of drug-likeness (QED) is 0.693. The normalized spacial score (nSPS) is 14.3. The predicted molar refractivity (Wildman–Crippen MR) is 112 cm³/mol. The second kappa shape index (κ2) is 7.67. The zero-order valence-electron chi connectivity index (χ0n) is 16.2. The van der Waals surface area contributed by atoms with Crippen LogP contribution in [-0.2, 0) is 12.8 Å². The first-order valence-electron chi connectivity index (χ1n) is 9.43. The van der Waals surface area contributed by atoms with Gasteiger partial charge in [0.05, 0.1) is 0 Å². The van der Waals surface area contributed by atoms with Crippen molar-refractivity contribution in [1.29, 1.82) is 0 Å². The third-order valence-electron chi connectivity index (χ3n) is 4.91. The van der Waals surface area contributed by atoms with Crippen LogP contribution in [0.25, 0.3) is 11.4 Å². The smallest absolute Gasteiger partial charge is 0.270 e. The average molecular weight is 394 g/mol. The molecule has 4 rings (SSSR count). The first-order valence-corrected chi connectivity index (χ1v) is 10.2. The molecule has 0 saturated heterocycles. The summed E-state index contributed by atoms with van der Waals surface area (Å²) in [5.74, 6) is 1.12. The van der Waals surface area contributed by atoms with Crippen molar-refractivity contribution in [3.8, 4) is 11.4 Å². The van der Waals surface area contributed by atoms with E-state index in [4.69, 9.17) is 4.98 Å². The third kappa shape index (κ3) is 3.75. The number of carbonyl (C=O) groups excluding carboxylic acids is 1. The van der Waals surface area contributed by atoms with Gasteiger partial charge in [0.2, 0.25) is 0 Å². The first-order chi connectivity index (χ1) is 13.5. The highest BCUT2D eigenvalue weighted by Gasteiger charge is 2.25. The van der Waals surface area contributed by atoms with E-state index in [0.29, 0.717) is 18.1 Å². The van der Waals surface area contributed by atoms with Crippen molar-refractivity contribution in [2.45, 2.75) is 39.7 Å². The third-order valence-corrected chi connectivity index (χ3v) is 6.08. The molecular weight excluding hydrogens is 370 g/mol. The zero-order valence-corrected chi connectivity index (χ0v) is 17.1. The summed E-state index contributed by atoms with van der Waals surface area (Å²) in [4.78, 5) is 28.5. The lowest BCUT2D eigenvalue weighted by Gasteiger charge is -2.22. The second-order valence-electron chi connectivity index (χ2n) is 7.17. The van der Waals surface area contributed by atoms with Crippen LogP contribution in [0.5, 0.6) is 0 Å². The summed E-state index contributed by atoms with van der Waals surface area (Å²) in [6, 6.07) is 6.18. The van der Waals surface area contributed by atoms with Gasteiger partial charge in [0, 0.05) is 52.3 Å². The largest absolute Gasteiger partial charge is 0.367 e. The van der Waals surface area contributed by atoms with Crippen LogP contribution in [-0.4, -0.2) is 33.4 Å². The van der Waals surface area contributed by atoms with Gasteiger partial charge < -0.3 is 10.6 Å². The van der Waals surface area contributed by atoms with E-state index in [0.717, 1.165) is 29.8 Å². The van der Waals surface area contributed by atoms with Crippen molar-refractivity contribution in [3.63, 3.8) is 0 Å². The number of hydrogen-bond acceptors (Lipinski definition) is 6. The SMILES string of the molecule is Cc1cc(CC(C)Nc2nc(-c3cccnc3)nc3c2CCNC3=O)sc1C. The molecule has 0 spiro atoms.